The van der Waals surface area contributed by atoms with Crippen LogP contribution in [0.25, 0.3) is 0 Å². The van der Waals surface area contributed by atoms with Gasteiger partial charge in [-0.15, -0.1) is 0 Å². The van der Waals surface area contributed by atoms with Gasteiger partial charge in [-0.2, -0.15) is 0 Å². The molecule has 0 aromatic heterocycles. The number of nitrogens with one attached hydrogen (secondary N) is 1. The Balaban J connectivity index is 1.69. The second kappa shape index (κ2) is 9.62. The van der Waals surface area contributed by atoms with Crippen LogP contribution in [0, 0.1) is 17.6 Å². The van der Waals surface area contributed by atoms with Crippen LogP contribution in [0.5, 0.6) is 0 Å². The van der Waals surface area contributed by atoms with Crippen LogP contribution in [0.15, 0.2) is 18.2 Å². The van der Waals surface area contributed by atoms with Crippen LogP contribution in [-0.4, -0.2) is 49.9 Å². The Bertz CT molecular complexity index is 639. The van der Waals surface area contributed by atoms with Crippen LogP contribution in [0.2, 0.25) is 0 Å². The summed E-state index contributed by atoms with van der Waals surface area (Å²) < 4.78 is 26.2. The summed E-state index contributed by atoms with van der Waals surface area (Å²) in [5.41, 5.74) is 0.128. The molecule has 0 spiro atoms. The normalized spacial score (nSPS) is 17.8. The zero-order valence-corrected chi connectivity index (χ0v) is 15.4. The van der Waals surface area contributed by atoms with Gasteiger partial charge in [0.25, 0.3) is 0 Å². The Morgan fingerprint density at radius 2 is 2.04 bits per heavy atom. The zero-order chi connectivity index (χ0) is 19.1. The molecular formula is C19H27F2N3O2. The predicted molar refractivity (Wildman–Crippen MR) is 96.8 cm³/mol. The molecule has 7 heteroatoms. The smallest absolute Gasteiger partial charge is 0.316 e. The maximum absolute atomic E-state index is 13.3. The molecular weight excluding hydrogens is 340 g/mol. The van der Waals surface area contributed by atoms with Crippen molar-refractivity contribution in [2.24, 2.45) is 5.92 Å². The quantitative estimate of drug-likeness (QED) is 0.621. The molecule has 1 atom stereocenters. The number of nitrogens with zero attached hydrogens (tertiary/aromatic N) is 2. The lowest BCUT2D eigenvalue weighted by Gasteiger charge is -2.30. The highest BCUT2D eigenvalue weighted by Gasteiger charge is 2.20. The lowest BCUT2D eigenvalue weighted by atomic mass is 10.0. The van der Waals surface area contributed by atoms with Gasteiger partial charge in [0.05, 0.1) is 0 Å². The van der Waals surface area contributed by atoms with Crippen LogP contribution < -0.4 is 10.2 Å². The average molecular weight is 367 g/mol. The molecule has 26 heavy (non-hydrogen) atoms. The first-order chi connectivity index (χ1) is 12.4. The van der Waals surface area contributed by atoms with Gasteiger partial charge in [0, 0.05) is 31.9 Å². The molecule has 0 aliphatic carbocycles. The number of likely N-dealkylation sites (N-methyl/N-ethyl adjacent to an activating group) is 1. The molecule has 1 heterocycles. The predicted octanol–water partition coefficient (Wildman–Crippen LogP) is 2.56. The largest absolute Gasteiger partial charge is 0.348 e. The maximum atomic E-state index is 13.3. The molecule has 2 amide bonds. The van der Waals surface area contributed by atoms with Crippen molar-refractivity contribution in [3.05, 3.63) is 29.8 Å². The van der Waals surface area contributed by atoms with Gasteiger partial charge in [-0.3, -0.25) is 9.59 Å². The van der Waals surface area contributed by atoms with E-state index in [1.807, 2.05) is 0 Å². The van der Waals surface area contributed by atoms with Crippen LogP contribution in [-0.2, 0) is 9.59 Å². The number of hydrogen-bond donors (Lipinski definition) is 1. The highest BCUT2D eigenvalue weighted by atomic mass is 19.2. The molecule has 1 saturated heterocycles. The molecule has 0 bridgehead atoms. The van der Waals surface area contributed by atoms with Gasteiger partial charge in [-0.05, 0) is 56.8 Å². The van der Waals surface area contributed by atoms with E-state index < -0.39 is 23.4 Å². The number of halogens is 2. The van der Waals surface area contributed by atoms with Gasteiger partial charge in [0.15, 0.2) is 11.6 Å². The fourth-order valence-corrected chi connectivity index (χ4v) is 3.19. The highest BCUT2D eigenvalue weighted by molar-refractivity contribution is 6.40. The minimum atomic E-state index is -1.06. The Morgan fingerprint density at radius 1 is 1.27 bits per heavy atom. The summed E-state index contributed by atoms with van der Waals surface area (Å²) in [6.45, 7) is 5.95. The molecule has 1 aromatic carbocycles. The number of amides is 2. The molecule has 1 fully saturated rings. The molecule has 144 valence electrons. The summed E-state index contributed by atoms with van der Waals surface area (Å²) in [5, 5.41) is 2.59. The average Bonchev–Trinajstić information content (AvgIpc) is 2.62. The monoisotopic (exact) mass is 367 g/mol. The van der Waals surface area contributed by atoms with Gasteiger partial charge < -0.3 is 15.1 Å². The third kappa shape index (κ3) is 5.76. The Kier molecular flexibility index (Phi) is 7.50. The minimum absolute atomic E-state index is 0.128. The van der Waals surface area contributed by atoms with Crippen LogP contribution in [0.1, 0.15) is 32.6 Å². The Labute approximate surface area is 153 Å². The molecule has 0 radical (unpaired) electrons. The SMILES string of the molecule is C[C@@H]1CCCN(CCCCNC(=O)C(=O)N(C)c2ccc(F)c(F)c2)C1. The van der Waals surface area contributed by atoms with Crippen molar-refractivity contribution >= 4 is 17.5 Å². The van der Waals surface area contributed by atoms with E-state index in [1.54, 1.807) is 0 Å². The second-order valence-electron chi connectivity index (χ2n) is 6.97. The Hall–Kier alpha value is -2.02. The molecule has 1 aliphatic rings. The molecule has 1 aliphatic heterocycles. The number of anilines is 1. The fourth-order valence-electron chi connectivity index (χ4n) is 3.19. The van der Waals surface area contributed by atoms with Gasteiger partial charge in [-0.25, -0.2) is 8.78 Å². The van der Waals surface area contributed by atoms with Crippen molar-refractivity contribution in [3.63, 3.8) is 0 Å². The third-order valence-electron chi connectivity index (χ3n) is 4.72. The molecule has 5 nitrogen and oxygen atoms in total. The number of likely N-dealkylation sites (tertiary alicyclic amines) is 1. The van der Waals surface area contributed by atoms with E-state index >= 15 is 0 Å². The van der Waals surface area contributed by atoms with Crippen molar-refractivity contribution in [1.82, 2.24) is 10.2 Å². The summed E-state index contributed by atoms with van der Waals surface area (Å²) in [6.07, 6.45) is 4.28. The van der Waals surface area contributed by atoms with E-state index in [0.29, 0.717) is 6.54 Å². The number of hydrogen-bond acceptors (Lipinski definition) is 3. The zero-order valence-electron chi connectivity index (χ0n) is 15.4. The topological polar surface area (TPSA) is 52.7 Å². The van der Waals surface area contributed by atoms with Crippen molar-refractivity contribution in [2.75, 3.05) is 38.1 Å². The number of rotatable bonds is 6. The minimum Gasteiger partial charge on any atom is -0.348 e. The molecule has 2 rings (SSSR count). The van der Waals surface area contributed by atoms with Gasteiger partial charge in [0.2, 0.25) is 0 Å². The fraction of sp³-hybridized carbons (Fsp3) is 0.579. The van der Waals surface area contributed by atoms with Crippen LogP contribution >= 0.6 is 0 Å². The van der Waals surface area contributed by atoms with E-state index in [4.69, 9.17) is 0 Å². The standard InChI is InChI=1S/C19H27F2N3O2/c1-14-6-5-11-24(13-14)10-4-3-9-22-18(25)19(26)23(2)15-7-8-16(20)17(21)12-15/h7-8,12,14H,3-6,9-11,13H2,1-2H3,(H,22,25)/t14-/m1/s1. The summed E-state index contributed by atoms with van der Waals surface area (Å²) in [7, 11) is 1.35. The Morgan fingerprint density at radius 3 is 2.73 bits per heavy atom. The molecule has 1 N–H and O–H groups in total. The lowest BCUT2D eigenvalue weighted by Crippen LogP contribution is -2.41. The van der Waals surface area contributed by atoms with Crippen molar-refractivity contribution < 1.29 is 18.4 Å². The number of unbranched alkanes of at least 4 members (excludes halogenated alkanes) is 1. The molecule has 0 saturated carbocycles. The van der Waals surface area contributed by atoms with Crippen LogP contribution in [0.3, 0.4) is 0 Å². The summed E-state index contributed by atoms with van der Waals surface area (Å²) >= 11 is 0. The van der Waals surface area contributed by atoms with E-state index in [2.05, 4.69) is 17.1 Å². The van der Waals surface area contributed by atoms with E-state index in [0.717, 1.165) is 55.4 Å². The lowest BCUT2D eigenvalue weighted by molar-refractivity contribution is -0.137. The maximum Gasteiger partial charge on any atom is 0.316 e. The van der Waals surface area contributed by atoms with E-state index in [9.17, 15) is 18.4 Å². The van der Waals surface area contributed by atoms with Crippen molar-refractivity contribution in [2.45, 2.75) is 32.6 Å². The number of carbonyl (C=O) groups excluding carboxylic acids is 2. The van der Waals surface area contributed by atoms with Gasteiger partial charge in [-0.1, -0.05) is 6.92 Å². The van der Waals surface area contributed by atoms with Gasteiger partial charge >= 0.3 is 11.8 Å². The summed E-state index contributed by atoms with van der Waals surface area (Å²) in [5.74, 6) is -2.87. The molecule has 0 unspecified atom stereocenters. The third-order valence-corrected chi connectivity index (χ3v) is 4.72. The second-order valence-corrected chi connectivity index (χ2v) is 6.97. The van der Waals surface area contributed by atoms with E-state index in [-0.39, 0.29) is 5.69 Å². The summed E-state index contributed by atoms with van der Waals surface area (Å²) in [4.78, 5) is 27.5. The first-order valence-electron chi connectivity index (χ1n) is 9.11. The summed E-state index contributed by atoms with van der Waals surface area (Å²) in [6, 6.07) is 3.07. The van der Waals surface area contributed by atoms with Gasteiger partial charge in [0.1, 0.15) is 0 Å². The molecule has 1 aromatic rings. The number of benzene rings is 1. The first kappa shape index (κ1) is 20.3. The van der Waals surface area contributed by atoms with Crippen LogP contribution in [0.4, 0.5) is 14.5 Å². The van der Waals surface area contributed by atoms with Crippen molar-refractivity contribution in [3.8, 4) is 0 Å². The highest BCUT2D eigenvalue weighted by Crippen LogP contribution is 2.17. The number of carbonyl (C=O) groups is 2. The number of piperidine rings is 1. The van der Waals surface area contributed by atoms with E-state index in [1.165, 1.54) is 26.0 Å². The first-order valence-corrected chi connectivity index (χ1v) is 9.11. The van der Waals surface area contributed by atoms with Crippen molar-refractivity contribution in [1.29, 1.82) is 0 Å².